The number of esters is 1. The molecule has 2 rings (SSSR count). The van der Waals surface area contributed by atoms with Gasteiger partial charge in [-0.05, 0) is 31.1 Å². The Balaban J connectivity index is 2.25. The van der Waals surface area contributed by atoms with Gasteiger partial charge in [-0.1, -0.05) is 13.8 Å². The van der Waals surface area contributed by atoms with Crippen molar-refractivity contribution in [2.24, 2.45) is 10.8 Å². The fourth-order valence-corrected chi connectivity index (χ4v) is 3.64. The van der Waals surface area contributed by atoms with Crippen LogP contribution < -0.4 is 0 Å². The molecule has 0 aromatic heterocycles. The normalized spacial score (nSPS) is 29.2. The minimum atomic E-state index is -0.909. The van der Waals surface area contributed by atoms with Crippen LogP contribution in [0.4, 0.5) is 0 Å². The van der Waals surface area contributed by atoms with Crippen LogP contribution in [0.1, 0.15) is 39.5 Å². The van der Waals surface area contributed by atoms with Crippen molar-refractivity contribution < 1.29 is 19.4 Å². The summed E-state index contributed by atoms with van der Waals surface area (Å²) < 4.78 is 10.2. The minimum Gasteiger partial charge on any atom is -0.469 e. The lowest BCUT2D eigenvalue weighted by Gasteiger charge is -2.59. The molecule has 0 amide bonds. The second-order valence-electron chi connectivity index (χ2n) is 6.24. The smallest absolute Gasteiger partial charge is 0.314 e. The molecule has 4 heteroatoms. The van der Waals surface area contributed by atoms with Crippen molar-refractivity contribution in [3.8, 4) is 0 Å². The van der Waals surface area contributed by atoms with Gasteiger partial charge in [0.15, 0.2) is 0 Å². The lowest BCUT2D eigenvalue weighted by molar-refractivity contribution is -0.228. The number of carbonyl (C=O) groups excluding carboxylic acids is 1. The van der Waals surface area contributed by atoms with Crippen molar-refractivity contribution in [2.75, 3.05) is 20.3 Å². The summed E-state index contributed by atoms with van der Waals surface area (Å²) >= 11 is 0. The van der Waals surface area contributed by atoms with E-state index in [4.69, 9.17) is 9.47 Å². The molecule has 2 aliphatic rings. The highest BCUT2D eigenvalue weighted by Crippen LogP contribution is 2.59. The quantitative estimate of drug-likeness (QED) is 0.746. The average molecular weight is 242 g/mol. The summed E-state index contributed by atoms with van der Waals surface area (Å²) in [5, 5.41) is 10.8. The second-order valence-corrected chi connectivity index (χ2v) is 6.24. The Morgan fingerprint density at radius 3 is 2.18 bits per heavy atom. The molecule has 1 saturated carbocycles. The number of carbonyl (C=O) groups is 1. The summed E-state index contributed by atoms with van der Waals surface area (Å²) in [4.78, 5) is 12.1. The van der Waals surface area contributed by atoms with Crippen molar-refractivity contribution in [1.29, 1.82) is 0 Å². The molecule has 1 aliphatic heterocycles. The third-order valence-electron chi connectivity index (χ3n) is 4.36. The first kappa shape index (κ1) is 12.8. The van der Waals surface area contributed by atoms with Crippen LogP contribution in [-0.2, 0) is 14.3 Å². The Hall–Kier alpha value is -0.610. The zero-order valence-electron chi connectivity index (χ0n) is 10.9. The van der Waals surface area contributed by atoms with Gasteiger partial charge in [-0.3, -0.25) is 4.79 Å². The van der Waals surface area contributed by atoms with E-state index in [1.807, 2.05) is 0 Å². The summed E-state index contributed by atoms with van der Waals surface area (Å²) in [5.41, 5.74) is -1.54. The summed E-state index contributed by atoms with van der Waals surface area (Å²) in [5.74, 6) is -0.279. The van der Waals surface area contributed by atoms with Crippen LogP contribution in [0.3, 0.4) is 0 Å². The number of hydrogen-bond donors (Lipinski definition) is 1. The lowest BCUT2D eigenvalue weighted by Crippen LogP contribution is -2.64. The molecule has 1 saturated heterocycles. The van der Waals surface area contributed by atoms with Crippen LogP contribution in [0.2, 0.25) is 0 Å². The fraction of sp³-hybridized carbons (Fsp3) is 0.923. The number of methoxy groups -OCH3 is 1. The van der Waals surface area contributed by atoms with E-state index in [1.54, 1.807) is 0 Å². The van der Waals surface area contributed by atoms with E-state index in [1.165, 1.54) is 7.11 Å². The molecule has 1 N–H and O–H groups in total. The van der Waals surface area contributed by atoms with Crippen molar-refractivity contribution in [1.82, 2.24) is 0 Å². The van der Waals surface area contributed by atoms with Crippen LogP contribution in [-0.4, -0.2) is 37.0 Å². The molecule has 0 unspecified atom stereocenters. The number of aliphatic hydroxyl groups is 1. The maximum atomic E-state index is 12.1. The minimum absolute atomic E-state index is 0.119. The first-order chi connectivity index (χ1) is 7.85. The summed E-state index contributed by atoms with van der Waals surface area (Å²) in [6.45, 7) is 5.28. The Morgan fingerprint density at radius 2 is 1.76 bits per heavy atom. The molecule has 0 aromatic rings. The van der Waals surface area contributed by atoms with Gasteiger partial charge < -0.3 is 14.6 Å². The monoisotopic (exact) mass is 242 g/mol. The van der Waals surface area contributed by atoms with Gasteiger partial charge in [0.05, 0.1) is 12.7 Å². The van der Waals surface area contributed by atoms with Crippen LogP contribution in [0.25, 0.3) is 0 Å². The average Bonchev–Trinajstić information content (AvgIpc) is 2.26. The van der Waals surface area contributed by atoms with Crippen LogP contribution >= 0.6 is 0 Å². The fourth-order valence-electron chi connectivity index (χ4n) is 3.64. The van der Waals surface area contributed by atoms with Gasteiger partial charge in [0.25, 0.3) is 0 Å². The topological polar surface area (TPSA) is 55.8 Å². The molecule has 98 valence electrons. The highest BCUT2D eigenvalue weighted by atomic mass is 16.5. The van der Waals surface area contributed by atoms with Gasteiger partial charge in [-0.25, -0.2) is 0 Å². The zero-order chi connectivity index (χ0) is 12.7. The molecule has 0 atom stereocenters. The van der Waals surface area contributed by atoms with Gasteiger partial charge in [0, 0.05) is 13.2 Å². The van der Waals surface area contributed by atoms with E-state index < -0.39 is 11.0 Å². The summed E-state index contributed by atoms with van der Waals surface area (Å²) in [6.07, 6.45) is 2.45. The van der Waals surface area contributed by atoms with Crippen molar-refractivity contribution in [2.45, 2.75) is 45.1 Å². The van der Waals surface area contributed by atoms with Crippen LogP contribution in [0.15, 0.2) is 0 Å². The molecule has 4 nitrogen and oxygen atoms in total. The van der Waals surface area contributed by atoms with Crippen molar-refractivity contribution in [3.63, 3.8) is 0 Å². The molecular formula is C13H22O4. The molecule has 1 aliphatic carbocycles. The predicted octanol–water partition coefficient (Wildman–Crippen LogP) is 1.51. The van der Waals surface area contributed by atoms with Gasteiger partial charge in [0.2, 0.25) is 0 Å². The summed E-state index contributed by atoms with van der Waals surface area (Å²) in [7, 11) is 1.40. The molecule has 17 heavy (non-hydrogen) atoms. The molecular weight excluding hydrogens is 220 g/mol. The van der Waals surface area contributed by atoms with Gasteiger partial charge in [-0.2, -0.15) is 0 Å². The molecule has 0 aromatic carbocycles. The first-order valence-electron chi connectivity index (χ1n) is 6.24. The Morgan fingerprint density at radius 1 is 1.24 bits per heavy atom. The van der Waals surface area contributed by atoms with Crippen LogP contribution in [0.5, 0.6) is 0 Å². The van der Waals surface area contributed by atoms with Crippen molar-refractivity contribution >= 4 is 5.97 Å². The predicted molar refractivity (Wildman–Crippen MR) is 62.5 cm³/mol. The molecule has 2 fully saturated rings. The maximum Gasteiger partial charge on any atom is 0.314 e. The standard InChI is InChI=1S/C13H22O4/c1-11(2)8-13(15,9-11)12(10(14)16-3)4-6-17-7-5-12/h15H,4-9H2,1-3H3. The Labute approximate surface area is 102 Å². The third kappa shape index (κ3) is 1.87. The number of ether oxygens (including phenoxy) is 2. The zero-order valence-corrected chi connectivity index (χ0v) is 10.9. The van der Waals surface area contributed by atoms with E-state index in [9.17, 15) is 9.90 Å². The highest BCUT2D eigenvalue weighted by Gasteiger charge is 2.64. The SMILES string of the molecule is COC(=O)C1(C2(O)CC(C)(C)C2)CCOCC1. The van der Waals surface area contributed by atoms with Gasteiger partial charge >= 0.3 is 5.97 Å². The lowest BCUT2D eigenvalue weighted by atomic mass is 9.49. The largest absolute Gasteiger partial charge is 0.469 e. The number of rotatable bonds is 2. The highest BCUT2D eigenvalue weighted by molar-refractivity contribution is 5.79. The first-order valence-corrected chi connectivity index (χ1v) is 6.24. The van der Waals surface area contributed by atoms with Gasteiger partial charge in [0.1, 0.15) is 5.41 Å². The molecule has 0 bridgehead atoms. The van der Waals surface area contributed by atoms with E-state index in [0.717, 1.165) is 0 Å². The van der Waals surface area contributed by atoms with E-state index >= 15 is 0 Å². The van der Waals surface area contributed by atoms with E-state index in [0.29, 0.717) is 38.9 Å². The molecule has 0 radical (unpaired) electrons. The molecule has 0 spiro atoms. The van der Waals surface area contributed by atoms with Crippen molar-refractivity contribution in [3.05, 3.63) is 0 Å². The Bertz CT molecular complexity index is 307. The van der Waals surface area contributed by atoms with Crippen LogP contribution in [0, 0.1) is 10.8 Å². The third-order valence-corrected chi connectivity index (χ3v) is 4.36. The summed E-state index contributed by atoms with van der Waals surface area (Å²) in [6, 6.07) is 0. The Kier molecular flexibility index (Phi) is 2.99. The second kappa shape index (κ2) is 3.95. The van der Waals surface area contributed by atoms with E-state index in [-0.39, 0.29) is 11.4 Å². The maximum absolute atomic E-state index is 12.1. The van der Waals surface area contributed by atoms with Gasteiger partial charge in [-0.15, -0.1) is 0 Å². The molecule has 1 heterocycles. The number of hydrogen-bond acceptors (Lipinski definition) is 4. The van der Waals surface area contributed by atoms with E-state index in [2.05, 4.69) is 13.8 Å².